The van der Waals surface area contributed by atoms with Crippen LogP contribution in [-0.2, 0) is 57.2 Å². The Morgan fingerprint density at radius 1 is 0.864 bits per heavy atom. The van der Waals surface area contributed by atoms with E-state index in [1.54, 1.807) is 13.8 Å². The molecule has 2 saturated heterocycles. The van der Waals surface area contributed by atoms with E-state index in [1.165, 1.54) is 7.11 Å². The molecule has 44 heavy (non-hydrogen) atoms. The quantitative estimate of drug-likeness (QED) is 0.256. The summed E-state index contributed by atoms with van der Waals surface area (Å²) in [5.74, 6) is -4.32. The van der Waals surface area contributed by atoms with Gasteiger partial charge < -0.3 is 28.4 Å². The van der Waals surface area contributed by atoms with Crippen LogP contribution in [0, 0.1) is 34.5 Å². The lowest BCUT2D eigenvalue weighted by atomic mass is 9.78. The van der Waals surface area contributed by atoms with Gasteiger partial charge in [0.25, 0.3) is 0 Å². The molecule has 0 aromatic heterocycles. The third-order valence-electron chi connectivity index (χ3n) is 8.58. The number of rotatable bonds is 9. The second-order valence-corrected chi connectivity index (χ2v) is 12.0. The van der Waals surface area contributed by atoms with Crippen molar-refractivity contribution in [3.8, 4) is 0 Å². The summed E-state index contributed by atoms with van der Waals surface area (Å²) >= 11 is 0. The molecule has 4 aliphatic rings. The second kappa shape index (κ2) is 16.8. The summed E-state index contributed by atoms with van der Waals surface area (Å²) in [7, 11) is 1.27. The molecule has 2 bridgehead atoms. The molecule has 2 aliphatic carbocycles. The van der Waals surface area contributed by atoms with Crippen LogP contribution in [0.5, 0.6) is 0 Å². The zero-order chi connectivity index (χ0) is 30.0. The van der Waals surface area contributed by atoms with Gasteiger partial charge in [0.2, 0.25) is 0 Å². The van der Waals surface area contributed by atoms with Gasteiger partial charge >= 0.3 is 35.8 Å². The van der Waals surface area contributed by atoms with Crippen molar-refractivity contribution in [3.05, 3.63) is 0 Å². The maximum absolute atomic E-state index is 12.1. The fourth-order valence-corrected chi connectivity index (χ4v) is 5.28. The Bertz CT molecular complexity index is 1030. The van der Waals surface area contributed by atoms with Crippen LogP contribution < -0.4 is 0 Å². The molecule has 7 atom stereocenters. The van der Waals surface area contributed by atoms with E-state index < -0.39 is 65.4 Å². The summed E-state index contributed by atoms with van der Waals surface area (Å²) < 4.78 is 30.5. The summed E-state index contributed by atoms with van der Waals surface area (Å²) in [6.45, 7) is 10.6. The number of esters is 6. The van der Waals surface area contributed by atoms with Gasteiger partial charge in [-0.3, -0.25) is 24.0 Å². The normalized spacial score (nSPS) is 27.3. The fraction of sp³-hybridized carbons (Fsp3) is 0.812. The van der Waals surface area contributed by atoms with E-state index in [0.29, 0.717) is 19.3 Å². The molecule has 0 aromatic rings. The Hall–Kier alpha value is -3.18. The third kappa shape index (κ3) is 8.94. The summed E-state index contributed by atoms with van der Waals surface area (Å²) in [6.07, 6.45) is 0.413. The van der Waals surface area contributed by atoms with Crippen molar-refractivity contribution in [2.45, 2.75) is 115 Å². The van der Waals surface area contributed by atoms with Gasteiger partial charge in [-0.25, -0.2) is 4.79 Å². The molecule has 4 rings (SSSR count). The first-order valence-corrected chi connectivity index (χ1v) is 13.7. The molecule has 2 aliphatic heterocycles. The van der Waals surface area contributed by atoms with E-state index in [9.17, 15) is 28.8 Å². The van der Waals surface area contributed by atoms with Gasteiger partial charge in [-0.2, -0.15) is 0 Å². The lowest BCUT2D eigenvalue weighted by molar-refractivity contribution is -0.174. The lowest BCUT2D eigenvalue weighted by Crippen LogP contribution is -2.44. The zero-order valence-corrected chi connectivity index (χ0v) is 24.2. The number of methoxy groups -OCH3 is 1. The Morgan fingerprint density at radius 3 is 1.93 bits per heavy atom. The van der Waals surface area contributed by atoms with E-state index in [-0.39, 0.29) is 72.6 Å². The number of carbonyl (C=O) groups excluding carboxylic acids is 6. The minimum absolute atomic E-state index is 0. The first-order chi connectivity index (χ1) is 18.7. The van der Waals surface area contributed by atoms with E-state index in [0.717, 1.165) is 0 Å². The number of ether oxygens (including phenoxy) is 6. The van der Waals surface area contributed by atoms with Crippen molar-refractivity contribution in [1.29, 1.82) is 0 Å². The predicted octanol–water partition coefficient (Wildman–Crippen LogP) is 4.68. The summed E-state index contributed by atoms with van der Waals surface area (Å²) in [4.78, 5) is 70.6. The minimum atomic E-state index is -0.717. The van der Waals surface area contributed by atoms with Gasteiger partial charge in [-0.05, 0) is 47.0 Å². The van der Waals surface area contributed by atoms with Crippen molar-refractivity contribution in [2.75, 3.05) is 20.3 Å². The van der Waals surface area contributed by atoms with E-state index in [2.05, 4.69) is 0 Å². The van der Waals surface area contributed by atoms with Gasteiger partial charge in [0, 0.05) is 11.8 Å². The smallest absolute Gasteiger partial charge is 0.344 e. The van der Waals surface area contributed by atoms with Gasteiger partial charge in [-0.1, -0.05) is 43.6 Å². The molecule has 12 heteroatoms. The molecule has 7 unspecified atom stereocenters. The minimum Gasteiger partial charge on any atom is -0.469 e. The third-order valence-corrected chi connectivity index (χ3v) is 8.58. The molecular formula is C32H56O12. The number of hydrogen-bond acceptors (Lipinski definition) is 12. The van der Waals surface area contributed by atoms with Crippen molar-refractivity contribution in [2.24, 2.45) is 34.5 Å². The summed E-state index contributed by atoms with van der Waals surface area (Å²) in [5.41, 5.74) is -1.16. The number of fused-ring (bicyclic) bond motifs is 1. The second-order valence-electron chi connectivity index (χ2n) is 12.0. The Kier molecular flexibility index (Phi) is 16.4. The lowest BCUT2D eigenvalue weighted by Gasteiger charge is -2.30. The number of hydrogen-bond donors (Lipinski definition) is 0. The van der Waals surface area contributed by atoms with Crippen molar-refractivity contribution < 1.29 is 57.2 Å². The molecule has 0 aromatic carbocycles. The van der Waals surface area contributed by atoms with Crippen LogP contribution in [0.3, 0.4) is 0 Å². The zero-order valence-electron chi connectivity index (χ0n) is 24.2. The summed E-state index contributed by atoms with van der Waals surface area (Å²) in [5, 5.41) is 0. The standard InChI is InChI=1S/C18H24O8.C10H16O4.4CH4/c1-5-18(2,3)17(22)24-7-10(19)25-13-8-6-9-12(11(8)15(20)23-4)16(21)26-14(9)13;1-4-10(2,3)9(12)14-7-5-8(11)13-6-7;;;;/h8-9,11-14H,5-7H2,1-4H3;7H,4-6H2,1-3H3;4*1H4. The maximum Gasteiger partial charge on any atom is 0.344 e. The topological polar surface area (TPSA) is 158 Å². The highest BCUT2D eigenvalue weighted by Gasteiger charge is 2.70. The van der Waals surface area contributed by atoms with Gasteiger partial charge in [0.1, 0.15) is 24.9 Å². The Balaban J connectivity index is 0. The average molecular weight is 633 g/mol. The molecule has 4 fully saturated rings. The first-order valence-electron chi connectivity index (χ1n) is 13.7. The molecular weight excluding hydrogens is 576 g/mol. The average Bonchev–Trinajstić information content (AvgIpc) is 3.65. The highest BCUT2D eigenvalue weighted by Crippen LogP contribution is 2.58. The molecule has 0 N–H and O–H groups in total. The number of carbonyl (C=O) groups is 6. The van der Waals surface area contributed by atoms with Gasteiger partial charge in [0.05, 0.1) is 36.2 Å². The van der Waals surface area contributed by atoms with Crippen LogP contribution >= 0.6 is 0 Å². The van der Waals surface area contributed by atoms with Crippen LogP contribution in [0.15, 0.2) is 0 Å². The van der Waals surface area contributed by atoms with E-state index in [1.807, 2.05) is 27.7 Å². The molecule has 2 heterocycles. The molecule has 12 nitrogen and oxygen atoms in total. The van der Waals surface area contributed by atoms with Crippen LogP contribution in [-0.4, -0.2) is 74.5 Å². The largest absolute Gasteiger partial charge is 0.469 e. The SMILES string of the molecule is C.C.C.C.CCC(C)(C)C(=O)OC1COC(=O)C1.CCC(C)(C)C(=O)OCC(=O)OC1C2CC3C1OC(=O)C3C2C(=O)OC. The van der Waals surface area contributed by atoms with Gasteiger partial charge in [0.15, 0.2) is 6.61 Å². The number of cyclic esters (lactones) is 1. The van der Waals surface area contributed by atoms with Crippen LogP contribution in [0.4, 0.5) is 0 Å². The molecule has 256 valence electrons. The first kappa shape index (κ1) is 43.0. The monoisotopic (exact) mass is 632 g/mol. The van der Waals surface area contributed by atoms with Crippen molar-refractivity contribution in [3.63, 3.8) is 0 Å². The van der Waals surface area contributed by atoms with Crippen LogP contribution in [0.25, 0.3) is 0 Å². The van der Waals surface area contributed by atoms with E-state index >= 15 is 0 Å². The van der Waals surface area contributed by atoms with Crippen LogP contribution in [0.2, 0.25) is 0 Å². The van der Waals surface area contributed by atoms with Crippen LogP contribution in [0.1, 0.15) is 96.9 Å². The Morgan fingerprint density at radius 2 is 1.43 bits per heavy atom. The van der Waals surface area contributed by atoms with E-state index in [4.69, 9.17) is 28.4 Å². The molecule has 2 saturated carbocycles. The van der Waals surface area contributed by atoms with Crippen molar-refractivity contribution >= 4 is 35.8 Å². The molecule has 0 spiro atoms. The fourth-order valence-electron chi connectivity index (χ4n) is 5.28. The Labute approximate surface area is 263 Å². The van der Waals surface area contributed by atoms with Crippen molar-refractivity contribution in [1.82, 2.24) is 0 Å². The van der Waals surface area contributed by atoms with Gasteiger partial charge in [-0.15, -0.1) is 0 Å². The maximum atomic E-state index is 12.1. The highest BCUT2D eigenvalue weighted by atomic mass is 16.6. The predicted molar refractivity (Wildman–Crippen MR) is 162 cm³/mol. The molecule has 0 amide bonds. The summed E-state index contributed by atoms with van der Waals surface area (Å²) in [6, 6.07) is 0. The molecule has 0 radical (unpaired) electrons. The highest BCUT2D eigenvalue weighted by molar-refractivity contribution is 5.86.